The molecule has 3 N–H and O–H groups in total. The molecule has 41 heavy (non-hydrogen) atoms. The number of carbonyl (C=O) groups excluding carboxylic acids is 2. The quantitative estimate of drug-likeness (QED) is 0.296. The van der Waals surface area contributed by atoms with Crippen LogP contribution in [-0.2, 0) is 9.53 Å². The number of amides is 2. The van der Waals surface area contributed by atoms with Crippen LogP contribution in [0.3, 0.4) is 0 Å². The van der Waals surface area contributed by atoms with Gasteiger partial charge in [-0.1, -0.05) is 18.7 Å². The Balaban J connectivity index is 1.11. The number of H-pyrrole nitrogens is 1. The monoisotopic (exact) mass is 552 g/mol. The van der Waals surface area contributed by atoms with Crippen LogP contribution in [0.2, 0.25) is 0 Å². The second-order valence-electron chi connectivity index (χ2n) is 10.2. The van der Waals surface area contributed by atoms with Crippen molar-refractivity contribution in [2.24, 2.45) is 0 Å². The fraction of sp³-hybridized carbons (Fsp3) is 0.300. The molecule has 3 aromatic heterocycles. The van der Waals surface area contributed by atoms with Crippen LogP contribution in [0.4, 0.5) is 17.2 Å². The van der Waals surface area contributed by atoms with Gasteiger partial charge in [0.05, 0.1) is 18.6 Å². The van der Waals surface area contributed by atoms with E-state index in [2.05, 4.69) is 48.1 Å². The Kier molecular flexibility index (Phi) is 7.59. The van der Waals surface area contributed by atoms with Gasteiger partial charge < -0.3 is 30.2 Å². The largest absolute Gasteiger partial charge is 0.380 e. The summed E-state index contributed by atoms with van der Waals surface area (Å²) in [5.41, 5.74) is 4.42. The molecule has 2 aliphatic rings. The molecule has 1 atom stereocenters. The van der Waals surface area contributed by atoms with E-state index in [0.29, 0.717) is 31.1 Å². The number of aromatic amines is 1. The zero-order valence-electron chi connectivity index (χ0n) is 22.7. The lowest BCUT2D eigenvalue weighted by Crippen LogP contribution is -2.44. The molecular formula is C30H32N8O3. The number of anilines is 3. The van der Waals surface area contributed by atoms with Gasteiger partial charge in [-0.2, -0.15) is 0 Å². The van der Waals surface area contributed by atoms with Gasteiger partial charge >= 0.3 is 0 Å². The van der Waals surface area contributed by atoms with Gasteiger partial charge in [0.25, 0.3) is 5.91 Å². The van der Waals surface area contributed by atoms with Crippen molar-refractivity contribution in [3.8, 4) is 11.3 Å². The number of likely N-dealkylation sites (tertiary alicyclic amines) is 1. The molecule has 0 saturated carbocycles. The number of nitrogens with zero attached hydrogens (tertiary/aromatic N) is 5. The lowest BCUT2D eigenvalue weighted by molar-refractivity contribution is -0.127. The maximum Gasteiger partial charge on any atom is 0.274 e. The Labute approximate surface area is 237 Å². The topological polar surface area (TPSA) is 128 Å². The van der Waals surface area contributed by atoms with Gasteiger partial charge in [-0.05, 0) is 54.8 Å². The first-order valence-corrected chi connectivity index (χ1v) is 13.8. The van der Waals surface area contributed by atoms with Crippen molar-refractivity contribution >= 4 is 40.0 Å². The predicted molar refractivity (Wildman–Crippen MR) is 158 cm³/mol. The van der Waals surface area contributed by atoms with Crippen LogP contribution in [0.15, 0.2) is 67.6 Å². The first kappa shape index (κ1) is 26.5. The van der Waals surface area contributed by atoms with Crippen molar-refractivity contribution in [3.05, 3.63) is 73.3 Å². The maximum absolute atomic E-state index is 13.0. The van der Waals surface area contributed by atoms with Crippen LogP contribution in [0.25, 0.3) is 22.3 Å². The third kappa shape index (κ3) is 5.90. The second kappa shape index (κ2) is 11.8. The Bertz CT molecular complexity index is 1560. The van der Waals surface area contributed by atoms with Gasteiger partial charge in [-0.25, -0.2) is 9.97 Å². The van der Waals surface area contributed by atoms with E-state index >= 15 is 0 Å². The van der Waals surface area contributed by atoms with Gasteiger partial charge in [-0.15, -0.1) is 0 Å². The number of carbonyl (C=O) groups is 2. The number of benzene rings is 1. The maximum atomic E-state index is 13.0. The van der Waals surface area contributed by atoms with Gasteiger partial charge in [0, 0.05) is 55.5 Å². The fourth-order valence-corrected chi connectivity index (χ4v) is 5.34. The number of fused-ring (bicyclic) bond motifs is 1. The number of morpholine rings is 1. The molecule has 11 nitrogen and oxygen atoms in total. The number of piperidine rings is 1. The van der Waals surface area contributed by atoms with Crippen molar-refractivity contribution in [2.45, 2.75) is 18.9 Å². The molecule has 1 aromatic carbocycles. The van der Waals surface area contributed by atoms with Gasteiger partial charge in [-0.3, -0.25) is 14.6 Å². The summed E-state index contributed by atoms with van der Waals surface area (Å²) < 4.78 is 5.48. The van der Waals surface area contributed by atoms with Gasteiger partial charge in [0.2, 0.25) is 5.91 Å². The van der Waals surface area contributed by atoms with E-state index in [1.807, 2.05) is 30.3 Å². The average Bonchev–Trinajstić information content (AvgIpc) is 3.46. The van der Waals surface area contributed by atoms with Crippen LogP contribution in [0, 0.1) is 0 Å². The molecule has 0 spiro atoms. The van der Waals surface area contributed by atoms with Crippen LogP contribution in [0.5, 0.6) is 0 Å². The highest BCUT2D eigenvalue weighted by molar-refractivity contribution is 6.03. The minimum atomic E-state index is -0.301. The van der Waals surface area contributed by atoms with Gasteiger partial charge in [0.15, 0.2) is 0 Å². The number of ether oxygens (including phenoxy) is 1. The summed E-state index contributed by atoms with van der Waals surface area (Å²) in [7, 11) is 0. The lowest BCUT2D eigenvalue weighted by Gasteiger charge is -2.33. The van der Waals surface area contributed by atoms with Gasteiger partial charge in [0.1, 0.15) is 23.5 Å². The van der Waals surface area contributed by atoms with Crippen molar-refractivity contribution in [1.82, 2.24) is 24.8 Å². The minimum Gasteiger partial charge on any atom is -0.380 e. The Morgan fingerprint density at radius 3 is 2.66 bits per heavy atom. The molecule has 6 rings (SSSR count). The summed E-state index contributed by atoms with van der Waals surface area (Å²) >= 11 is 0. The molecule has 4 aromatic rings. The van der Waals surface area contributed by atoms with Crippen molar-refractivity contribution in [2.75, 3.05) is 54.9 Å². The standard InChI is InChI=1S/C30H32N8O3/c1-2-27(39)38-11-3-4-23(18-38)34-22-9-10-31-26(16-22)30(40)35-21-7-5-20(6-8-21)25-17-24-28(36-25)32-19-33-29(24)37-12-14-41-15-13-37/h2,5-10,16-17,19,23H,1,3-4,11-15,18H2,(H,31,34)(H,35,40)(H,32,33,36). The summed E-state index contributed by atoms with van der Waals surface area (Å²) in [4.78, 5) is 45.6. The van der Waals surface area contributed by atoms with Crippen molar-refractivity contribution in [3.63, 3.8) is 0 Å². The summed E-state index contributed by atoms with van der Waals surface area (Å²) in [6.45, 7) is 7.87. The van der Waals surface area contributed by atoms with E-state index in [0.717, 1.165) is 66.3 Å². The Morgan fingerprint density at radius 2 is 1.85 bits per heavy atom. The highest BCUT2D eigenvalue weighted by Crippen LogP contribution is 2.30. The molecule has 2 fully saturated rings. The molecule has 2 aliphatic heterocycles. The molecule has 2 saturated heterocycles. The summed E-state index contributed by atoms with van der Waals surface area (Å²) in [6.07, 6.45) is 6.39. The molecule has 0 aliphatic carbocycles. The van der Waals surface area contributed by atoms with Crippen LogP contribution < -0.4 is 15.5 Å². The smallest absolute Gasteiger partial charge is 0.274 e. The van der Waals surface area contributed by atoms with Crippen molar-refractivity contribution < 1.29 is 14.3 Å². The number of pyridine rings is 1. The second-order valence-corrected chi connectivity index (χ2v) is 10.2. The summed E-state index contributed by atoms with van der Waals surface area (Å²) in [6, 6.07) is 13.4. The highest BCUT2D eigenvalue weighted by atomic mass is 16.5. The molecule has 11 heteroatoms. The van der Waals surface area contributed by atoms with E-state index < -0.39 is 0 Å². The zero-order valence-corrected chi connectivity index (χ0v) is 22.7. The molecule has 2 amide bonds. The predicted octanol–water partition coefficient (Wildman–Crippen LogP) is 3.70. The normalized spacial score (nSPS) is 17.3. The average molecular weight is 553 g/mol. The van der Waals surface area contributed by atoms with E-state index in [4.69, 9.17) is 4.74 Å². The Morgan fingerprint density at radius 1 is 1.02 bits per heavy atom. The first-order valence-electron chi connectivity index (χ1n) is 13.8. The van der Waals surface area contributed by atoms with Crippen LogP contribution >= 0.6 is 0 Å². The fourth-order valence-electron chi connectivity index (χ4n) is 5.34. The SMILES string of the molecule is C=CC(=O)N1CCCC(Nc2ccnc(C(=O)Nc3ccc(-c4cc5c(N6CCOCC6)ncnc5[nH]4)cc3)c2)C1. The van der Waals surface area contributed by atoms with E-state index in [1.165, 1.54) is 6.08 Å². The molecular weight excluding hydrogens is 520 g/mol. The van der Waals surface area contributed by atoms with Crippen LogP contribution in [0.1, 0.15) is 23.3 Å². The summed E-state index contributed by atoms with van der Waals surface area (Å²) in [5.74, 6) is 0.540. The number of rotatable bonds is 7. The lowest BCUT2D eigenvalue weighted by atomic mass is 10.1. The summed E-state index contributed by atoms with van der Waals surface area (Å²) in [5, 5.41) is 7.34. The third-order valence-corrected chi connectivity index (χ3v) is 7.44. The molecule has 0 bridgehead atoms. The van der Waals surface area contributed by atoms with E-state index in [-0.39, 0.29) is 17.9 Å². The first-order chi connectivity index (χ1) is 20.1. The third-order valence-electron chi connectivity index (χ3n) is 7.44. The number of hydrogen-bond donors (Lipinski definition) is 3. The van der Waals surface area contributed by atoms with Crippen molar-refractivity contribution in [1.29, 1.82) is 0 Å². The number of hydrogen-bond acceptors (Lipinski definition) is 8. The molecule has 1 unspecified atom stereocenters. The zero-order chi connectivity index (χ0) is 28.2. The minimum absolute atomic E-state index is 0.0618. The number of aromatic nitrogens is 4. The highest BCUT2D eigenvalue weighted by Gasteiger charge is 2.22. The molecule has 210 valence electrons. The number of nitrogens with one attached hydrogen (secondary N) is 3. The Hall–Kier alpha value is -4.77. The van der Waals surface area contributed by atoms with Crippen LogP contribution in [-0.4, -0.2) is 82.1 Å². The van der Waals surface area contributed by atoms with E-state index in [1.54, 1.807) is 23.5 Å². The molecule has 0 radical (unpaired) electrons. The van der Waals surface area contributed by atoms with E-state index in [9.17, 15) is 9.59 Å². The molecule has 5 heterocycles.